The van der Waals surface area contributed by atoms with Crippen molar-refractivity contribution in [2.75, 3.05) is 96.1 Å². The molecule has 0 aliphatic carbocycles. The van der Waals surface area contributed by atoms with E-state index in [2.05, 4.69) is 40.5 Å². The highest BCUT2D eigenvalue weighted by molar-refractivity contribution is 7.86. The largest absolute Gasteiger partial charge is 0.392 e. The van der Waals surface area contributed by atoms with Crippen LogP contribution in [0.25, 0.3) is 12.2 Å². The Morgan fingerprint density at radius 2 is 0.844 bits per heavy atom. The Balaban J connectivity index is 1.70. The summed E-state index contributed by atoms with van der Waals surface area (Å²) in [5, 5.41) is 25.4. The molecule has 0 amide bonds. The average molecular weight is 977 g/mol. The highest BCUT2D eigenvalue weighted by Crippen LogP contribution is 2.29. The van der Waals surface area contributed by atoms with Crippen molar-refractivity contribution >= 4 is 99.7 Å². The second-order valence-corrected chi connectivity index (χ2v) is 20.4. The summed E-state index contributed by atoms with van der Waals surface area (Å²) >= 11 is 0. The SMILES string of the molecule is CC(O)CN(C)c1nc(Nc2ccc(/C=C/c3ccc(Nc4nc(N(C)CCS(=O)(=O)O)nc(N(C)CC(C)O)n4)cc3S(=O)(=O)O)c(S(=O)(=O)O)c2)nc(N(C)CCS(=O)(=O)O)n1. The van der Waals surface area contributed by atoms with Crippen LogP contribution in [0.15, 0.2) is 46.2 Å². The van der Waals surface area contributed by atoms with Crippen LogP contribution in [0.4, 0.5) is 47.1 Å². The molecule has 0 fully saturated rings. The Morgan fingerprint density at radius 1 is 0.531 bits per heavy atom. The predicted molar refractivity (Wildman–Crippen MR) is 237 cm³/mol. The highest BCUT2D eigenvalue weighted by Gasteiger charge is 2.22. The molecule has 2 heterocycles. The van der Waals surface area contributed by atoms with Crippen molar-refractivity contribution < 1.29 is 62.1 Å². The molecule has 0 aliphatic heterocycles. The van der Waals surface area contributed by atoms with Crippen molar-refractivity contribution in [2.45, 2.75) is 35.8 Å². The van der Waals surface area contributed by atoms with Gasteiger partial charge in [-0.05, 0) is 49.2 Å². The summed E-state index contributed by atoms with van der Waals surface area (Å²) in [6.07, 6.45) is 0.678. The molecule has 0 radical (unpaired) electrons. The van der Waals surface area contributed by atoms with Crippen LogP contribution in [0.3, 0.4) is 0 Å². The van der Waals surface area contributed by atoms with Gasteiger partial charge in [0.15, 0.2) is 0 Å². The van der Waals surface area contributed by atoms with E-state index in [1.807, 2.05) is 0 Å². The number of nitrogens with zero attached hydrogens (tertiary/aromatic N) is 10. The van der Waals surface area contributed by atoms with Crippen LogP contribution in [0.1, 0.15) is 25.0 Å². The van der Waals surface area contributed by atoms with Gasteiger partial charge in [-0.2, -0.15) is 63.6 Å². The molecule has 2 atom stereocenters. The van der Waals surface area contributed by atoms with Crippen LogP contribution in [0.5, 0.6) is 0 Å². The number of aliphatic hydroxyl groups excluding tert-OH is 2. The summed E-state index contributed by atoms with van der Waals surface area (Å²) < 4.78 is 135. The van der Waals surface area contributed by atoms with Crippen molar-refractivity contribution in [2.24, 2.45) is 0 Å². The van der Waals surface area contributed by atoms with Gasteiger partial charge in [-0.1, -0.05) is 24.3 Å². The van der Waals surface area contributed by atoms with E-state index in [0.717, 1.165) is 24.3 Å². The van der Waals surface area contributed by atoms with E-state index in [-0.39, 0.29) is 84.4 Å². The summed E-state index contributed by atoms with van der Waals surface area (Å²) in [6.45, 7) is 2.70. The van der Waals surface area contributed by atoms with E-state index in [0.29, 0.717) is 0 Å². The van der Waals surface area contributed by atoms with Crippen molar-refractivity contribution in [3.05, 3.63) is 47.5 Å². The van der Waals surface area contributed by atoms with Crippen LogP contribution in [0, 0.1) is 0 Å². The second-order valence-electron chi connectivity index (χ2n) is 14.4. The van der Waals surface area contributed by atoms with Crippen LogP contribution in [0.2, 0.25) is 0 Å². The first-order valence-corrected chi connectivity index (χ1v) is 24.7. The summed E-state index contributed by atoms with van der Waals surface area (Å²) in [6, 6.07) is 7.28. The normalized spacial score (nSPS) is 13.4. The van der Waals surface area contributed by atoms with Crippen LogP contribution in [-0.4, -0.2) is 170 Å². The average Bonchev–Trinajstić information content (AvgIpc) is 3.16. The number of hydrogen-bond donors (Lipinski definition) is 8. The Kier molecular flexibility index (Phi) is 16.5. The number of aromatic nitrogens is 6. The fourth-order valence-electron chi connectivity index (χ4n) is 5.55. The zero-order valence-electron chi connectivity index (χ0n) is 35.1. The summed E-state index contributed by atoms with van der Waals surface area (Å²) in [5.74, 6) is -1.77. The van der Waals surface area contributed by atoms with E-state index in [1.54, 1.807) is 14.1 Å². The molecule has 0 spiro atoms. The van der Waals surface area contributed by atoms with Gasteiger partial charge in [-0.3, -0.25) is 18.2 Å². The number of aliphatic hydroxyl groups is 2. The minimum atomic E-state index is -4.98. The van der Waals surface area contributed by atoms with Crippen molar-refractivity contribution in [3.63, 3.8) is 0 Å². The van der Waals surface area contributed by atoms with Crippen LogP contribution in [-0.2, 0) is 40.5 Å². The van der Waals surface area contributed by atoms with Gasteiger partial charge in [0.05, 0.1) is 23.7 Å². The third kappa shape index (κ3) is 15.7. The van der Waals surface area contributed by atoms with Crippen molar-refractivity contribution in [1.82, 2.24) is 29.9 Å². The highest BCUT2D eigenvalue weighted by atomic mass is 32.2. The third-order valence-electron chi connectivity index (χ3n) is 8.57. The smallest absolute Gasteiger partial charge is 0.295 e. The molecule has 0 saturated heterocycles. The maximum atomic E-state index is 12.7. The number of nitrogens with one attached hydrogen (secondary N) is 2. The van der Waals surface area contributed by atoms with Gasteiger partial charge in [0.25, 0.3) is 40.5 Å². The van der Waals surface area contributed by atoms with E-state index >= 15 is 0 Å². The van der Waals surface area contributed by atoms with Gasteiger partial charge in [0.1, 0.15) is 9.79 Å². The molecule has 30 heteroatoms. The van der Waals surface area contributed by atoms with Crippen LogP contribution >= 0.6 is 0 Å². The lowest BCUT2D eigenvalue weighted by molar-refractivity contribution is 0.200. The van der Waals surface area contributed by atoms with Gasteiger partial charge in [-0.25, -0.2) is 0 Å². The summed E-state index contributed by atoms with van der Waals surface area (Å²) in [5.41, 5.74) is -0.237. The molecule has 0 bridgehead atoms. The number of benzene rings is 2. The number of rotatable bonds is 22. The fraction of sp³-hybridized carbons (Fsp3) is 0.412. The quantitative estimate of drug-likeness (QED) is 0.0392. The molecule has 2 aromatic carbocycles. The molecule has 4 rings (SSSR count). The first-order valence-electron chi connectivity index (χ1n) is 18.6. The molecule has 8 N–H and O–H groups in total. The van der Waals surface area contributed by atoms with E-state index in [1.165, 1.54) is 71.8 Å². The van der Waals surface area contributed by atoms with Crippen molar-refractivity contribution in [3.8, 4) is 0 Å². The molecule has 2 unspecified atom stereocenters. The van der Waals surface area contributed by atoms with Crippen molar-refractivity contribution in [1.29, 1.82) is 0 Å². The summed E-state index contributed by atoms with van der Waals surface area (Å²) in [4.78, 5) is 29.9. The standard InChI is InChI=1S/C34H48N12O14S4/c1-21(47)19-45(5)33-39-29(37-31(41-33)43(3)13-15-61(49,50)51)35-25-11-9-23(27(17-25)63(55,56)57)7-8-24-10-12-26(18-28(24)64(58,59)60)36-30-38-32(44(4)14-16-62(52,53)54)42-34(40-30)46(6)20-22(2)48/h7-12,17-18,21-22,47-48H,13-16,19-20H2,1-6H3,(H,49,50,51)(H,52,53,54)(H,55,56,57)(H,58,59,60)(H,35,37,39,41)(H,36,38,40,42)/b8-7+. The molecule has 26 nitrogen and oxygen atoms in total. The lowest BCUT2D eigenvalue weighted by atomic mass is 10.1. The Hall–Kier alpha value is -5.44. The molecule has 4 aromatic rings. The van der Waals surface area contributed by atoms with E-state index in [9.17, 15) is 62.1 Å². The fourth-order valence-corrected chi connectivity index (χ4v) is 7.98. The molecule has 64 heavy (non-hydrogen) atoms. The molecule has 2 aromatic heterocycles. The Labute approximate surface area is 369 Å². The lowest BCUT2D eigenvalue weighted by Gasteiger charge is -2.22. The maximum Gasteiger partial charge on any atom is 0.295 e. The monoisotopic (exact) mass is 976 g/mol. The number of hydrogen-bond acceptors (Lipinski definition) is 22. The second kappa shape index (κ2) is 20.6. The Morgan fingerprint density at radius 3 is 1.12 bits per heavy atom. The molecule has 352 valence electrons. The van der Waals surface area contributed by atoms with E-state index < -0.39 is 74.0 Å². The van der Waals surface area contributed by atoms with Gasteiger partial charge in [0, 0.05) is 65.7 Å². The zero-order valence-corrected chi connectivity index (χ0v) is 38.3. The predicted octanol–water partition coefficient (Wildman–Crippen LogP) is 0.490. The third-order valence-corrected chi connectivity index (χ3v) is 11.8. The molecule has 0 saturated carbocycles. The lowest BCUT2D eigenvalue weighted by Crippen LogP contribution is -2.31. The van der Waals surface area contributed by atoms with Gasteiger partial charge < -0.3 is 40.4 Å². The van der Waals surface area contributed by atoms with Gasteiger partial charge >= 0.3 is 0 Å². The van der Waals surface area contributed by atoms with Gasteiger partial charge in [-0.15, -0.1) is 0 Å². The molecule has 0 aliphatic rings. The Bertz CT molecular complexity index is 2610. The minimum Gasteiger partial charge on any atom is -0.392 e. The molecular weight excluding hydrogens is 929 g/mol. The maximum absolute atomic E-state index is 12.7. The summed E-state index contributed by atoms with van der Waals surface area (Å²) in [7, 11) is -12.6. The minimum absolute atomic E-state index is 0.0158. The first-order chi connectivity index (χ1) is 29.5. The first kappa shape index (κ1) is 51.2. The number of anilines is 8. The topological polar surface area (TPSA) is 372 Å². The van der Waals surface area contributed by atoms with Gasteiger partial charge in [0.2, 0.25) is 35.7 Å². The zero-order chi connectivity index (χ0) is 47.9. The van der Waals surface area contributed by atoms with Crippen LogP contribution < -0.4 is 30.2 Å². The van der Waals surface area contributed by atoms with E-state index in [4.69, 9.17) is 0 Å². The number of likely N-dealkylation sites (N-methyl/N-ethyl adjacent to an activating group) is 2. The molecular formula is C34H48N12O14S4.